The molecule has 0 saturated heterocycles. The molecular weight excluding hydrogens is 366 g/mol. The molecule has 0 aliphatic heterocycles. The number of hydrogen-bond donors (Lipinski definition) is 2. The molecule has 1 fully saturated rings. The summed E-state index contributed by atoms with van der Waals surface area (Å²) in [7, 11) is 0. The van der Waals surface area contributed by atoms with Gasteiger partial charge in [0.15, 0.2) is 5.60 Å². The SMILES string of the molecule is O=C(NC[C@@](O)(c1ccsc1)c1ccco1)C1(c2cccs2)CCCC1. The molecule has 0 unspecified atom stereocenters. The van der Waals surface area contributed by atoms with Crippen LogP contribution in [0.5, 0.6) is 0 Å². The van der Waals surface area contributed by atoms with Crippen LogP contribution in [0.4, 0.5) is 0 Å². The summed E-state index contributed by atoms with van der Waals surface area (Å²) < 4.78 is 5.48. The maximum atomic E-state index is 13.2. The molecule has 6 heteroatoms. The molecular formula is C20H21NO3S2. The molecule has 3 heterocycles. The molecule has 1 amide bonds. The van der Waals surface area contributed by atoms with Crippen LogP contribution in [0.3, 0.4) is 0 Å². The van der Waals surface area contributed by atoms with Gasteiger partial charge in [0.05, 0.1) is 18.2 Å². The first-order valence-corrected chi connectivity index (χ1v) is 10.6. The van der Waals surface area contributed by atoms with Gasteiger partial charge in [0, 0.05) is 10.4 Å². The Morgan fingerprint density at radius 1 is 1.23 bits per heavy atom. The van der Waals surface area contributed by atoms with E-state index < -0.39 is 11.0 Å². The first kappa shape index (κ1) is 17.5. The Morgan fingerprint density at radius 2 is 2.08 bits per heavy atom. The molecule has 0 bridgehead atoms. The van der Waals surface area contributed by atoms with Crippen LogP contribution in [0.2, 0.25) is 0 Å². The normalized spacial score (nSPS) is 18.5. The van der Waals surface area contributed by atoms with Gasteiger partial charge in [-0.05, 0) is 53.2 Å². The van der Waals surface area contributed by atoms with Crippen LogP contribution < -0.4 is 5.32 Å². The van der Waals surface area contributed by atoms with E-state index in [4.69, 9.17) is 4.42 Å². The highest BCUT2D eigenvalue weighted by Crippen LogP contribution is 2.43. The number of thiophene rings is 2. The van der Waals surface area contributed by atoms with Crippen molar-refractivity contribution < 1.29 is 14.3 Å². The Balaban J connectivity index is 1.59. The van der Waals surface area contributed by atoms with E-state index in [1.807, 2.05) is 34.3 Å². The number of aliphatic hydroxyl groups is 1. The lowest BCUT2D eigenvalue weighted by Crippen LogP contribution is -2.48. The fraction of sp³-hybridized carbons (Fsp3) is 0.350. The van der Waals surface area contributed by atoms with Crippen molar-refractivity contribution in [2.24, 2.45) is 0 Å². The van der Waals surface area contributed by atoms with E-state index in [0.717, 1.165) is 36.1 Å². The van der Waals surface area contributed by atoms with E-state index in [1.165, 1.54) is 11.3 Å². The smallest absolute Gasteiger partial charge is 0.231 e. The molecule has 4 nitrogen and oxygen atoms in total. The second-order valence-corrected chi connectivity index (χ2v) is 8.53. The molecule has 4 rings (SSSR count). The van der Waals surface area contributed by atoms with Crippen LogP contribution >= 0.6 is 22.7 Å². The second-order valence-electron chi connectivity index (χ2n) is 6.80. The van der Waals surface area contributed by atoms with E-state index in [-0.39, 0.29) is 12.5 Å². The average Bonchev–Trinajstić information content (AvgIpc) is 3.45. The lowest BCUT2D eigenvalue weighted by atomic mass is 9.83. The lowest BCUT2D eigenvalue weighted by Gasteiger charge is -2.30. The molecule has 0 aromatic carbocycles. The Labute approximate surface area is 160 Å². The topological polar surface area (TPSA) is 62.5 Å². The highest BCUT2D eigenvalue weighted by atomic mass is 32.1. The van der Waals surface area contributed by atoms with Crippen LogP contribution in [0.1, 0.15) is 41.9 Å². The quantitative estimate of drug-likeness (QED) is 0.664. The summed E-state index contributed by atoms with van der Waals surface area (Å²) in [6.07, 6.45) is 5.36. The van der Waals surface area contributed by atoms with Gasteiger partial charge in [-0.15, -0.1) is 11.3 Å². The summed E-state index contributed by atoms with van der Waals surface area (Å²) in [5.74, 6) is 0.436. The minimum atomic E-state index is -1.37. The van der Waals surface area contributed by atoms with Crippen LogP contribution in [-0.2, 0) is 15.8 Å². The molecule has 1 aliphatic carbocycles. The van der Waals surface area contributed by atoms with Crippen molar-refractivity contribution >= 4 is 28.6 Å². The molecule has 3 aromatic heterocycles. The third-order valence-electron chi connectivity index (χ3n) is 5.32. The zero-order valence-corrected chi connectivity index (χ0v) is 15.9. The van der Waals surface area contributed by atoms with E-state index in [0.29, 0.717) is 5.76 Å². The van der Waals surface area contributed by atoms with Crippen molar-refractivity contribution in [2.45, 2.75) is 36.7 Å². The van der Waals surface area contributed by atoms with Gasteiger partial charge in [-0.25, -0.2) is 0 Å². The summed E-state index contributed by atoms with van der Waals surface area (Å²) in [5, 5.41) is 20.2. The predicted octanol–water partition coefficient (Wildman–Crippen LogP) is 4.27. The monoisotopic (exact) mass is 387 g/mol. The summed E-state index contributed by atoms with van der Waals surface area (Å²) in [5.41, 5.74) is -1.10. The minimum absolute atomic E-state index is 0.00217. The summed E-state index contributed by atoms with van der Waals surface area (Å²) in [4.78, 5) is 14.3. The maximum absolute atomic E-state index is 13.2. The molecule has 3 aromatic rings. The zero-order chi connectivity index (χ0) is 18.0. The van der Waals surface area contributed by atoms with E-state index in [1.54, 1.807) is 29.7 Å². The maximum Gasteiger partial charge on any atom is 0.231 e. The molecule has 1 atom stereocenters. The van der Waals surface area contributed by atoms with E-state index in [9.17, 15) is 9.90 Å². The largest absolute Gasteiger partial charge is 0.466 e. The zero-order valence-electron chi connectivity index (χ0n) is 14.3. The van der Waals surface area contributed by atoms with Gasteiger partial charge in [-0.2, -0.15) is 11.3 Å². The Bertz CT molecular complexity index is 798. The van der Waals surface area contributed by atoms with Gasteiger partial charge in [0.2, 0.25) is 5.91 Å². The molecule has 0 radical (unpaired) electrons. The summed E-state index contributed by atoms with van der Waals surface area (Å²) >= 11 is 3.14. The number of carbonyl (C=O) groups is 1. The predicted molar refractivity (Wildman–Crippen MR) is 104 cm³/mol. The Kier molecular flexibility index (Phi) is 4.73. The van der Waals surface area contributed by atoms with E-state index >= 15 is 0 Å². The molecule has 26 heavy (non-hydrogen) atoms. The third kappa shape index (κ3) is 2.92. The number of carbonyl (C=O) groups excluding carboxylic acids is 1. The van der Waals surface area contributed by atoms with Crippen LogP contribution in [-0.4, -0.2) is 17.6 Å². The molecule has 0 spiro atoms. The highest BCUT2D eigenvalue weighted by Gasteiger charge is 2.45. The fourth-order valence-corrected chi connectivity index (χ4v) is 5.54. The number of amides is 1. The summed E-state index contributed by atoms with van der Waals surface area (Å²) in [6, 6.07) is 9.40. The van der Waals surface area contributed by atoms with Crippen molar-refractivity contribution in [3.05, 3.63) is 68.9 Å². The van der Waals surface area contributed by atoms with Gasteiger partial charge in [0.25, 0.3) is 0 Å². The van der Waals surface area contributed by atoms with Crippen molar-refractivity contribution in [1.29, 1.82) is 0 Å². The Morgan fingerprint density at radius 3 is 2.69 bits per heavy atom. The van der Waals surface area contributed by atoms with Gasteiger partial charge < -0.3 is 14.8 Å². The number of hydrogen-bond acceptors (Lipinski definition) is 5. The van der Waals surface area contributed by atoms with Crippen LogP contribution in [0, 0.1) is 0 Å². The van der Waals surface area contributed by atoms with Gasteiger partial charge in [-0.1, -0.05) is 18.9 Å². The number of nitrogens with one attached hydrogen (secondary N) is 1. The highest BCUT2D eigenvalue weighted by molar-refractivity contribution is 7.10. The van der Waals surface area contributed by atoms with Gasteiger partial charge in [0.1, 0.15) is 5.76 Å². The average molecular weight is 388 g/mol. The first-order valence-electron chi connectivity index (χ1n) is 8.76. The molecule has 2 N–H and O–H groups in total. The van der Waals surface area contributed by atoms with Crippen molar-refractivity contribution in [3.63, 3.8) is 0 Å². The number of rotatable bonds is 6. The molecule has 136 valence electrons. The summed E-state index contributed by atoms with van der Waals surface area (Å²) in [6.45, 7) is 0.0865. The second kappa shape index (κ2) is 7.02. The first-order chi connectivity index (χ1) is 12.7. The standard InChI is InChI=1S/C20H21NO3S2/c22-18(19(8-1-2-9-19)17-6-4-11-26-17)21-14-20(23,15-7-12-25-13-15)16-5-3-10-24-16/h3-7,10-13,23H,1-2,8-9,14H2,(H,21,22)/t20-/m1/s1. The van der Waals surface area contributed by atoms with Crippen LogP contribution in [0.15, 0.2) is 57.2 Å². The van der Waals surface area contributed by atoms with E-state index in [2.05, 4.69) is 5.32 Å². The molecule has 1 aliphatic rings. The van der Waals surface area contributed by atoms with Gasteiger partial charge in [-0.3, -0.25) is 4.79 Å². The minimum Gasteiger partial charge on any atom is -0.466 e. The van der Waals surface area contributed by atoms with Gasteiger partial charge >= 0.3 is 0 Å². The van der Waals surface area contributed by atoms with Crippen LogP contribution in [0.25, 0.3) is 0 Å². The number of furan rings is 1. The Hall–Kier alpha value is -1.89. The lowest BCUT2D eigenvalue weighted by molar-refractivity contribution is -0.127. The van der Waals surface area contributed by atoms with Crippen molar-refractivity contribution in [1.82, 2.24) is 5.32 Å². The molecule has 1 saturated carbocycles. The van der Waals surface area contributed by atoms with Crippen molar-refractivity contribution in [2.75, 3.05) is 6.54 Å². The third-order valence-corrected chi connectivity index (χ3v) is 7.07. The van der Waals surface area contributed by atoms with Crippen molar-refractivity contribution in [3.8, 4) is 0 Å². The fourth-order valence-electron chi connectivity index (χ4n) is 3.84.